The molecule has 1 aromatic heterocycles. The van der Waals surface area contributed by atoms with Gasteiger partial charge in [-0.05, 0) is 25.1 Å². The Labute approximate surface area is 125 Å². The van der Waals surface area contributed by atoms with Crippen molar-refractivity contribution < 1.29 is 19.4 Å². The number of rotatable bonds is 6. The fourth-order valence-corrected chi connectivity index (χ4v) is 2.28. The number of aromatic amines is 1. The van der Waals surface area contributed by atoms with E-state index in [1.54, 1.807) is 33.3 Å². The number of aliphatic carboxylic acids is 1. The fraction of sp³-hybridized carbons (Fsp3) is 0.308. The van der Waals surface area contributed by atoms with E-state index in [1.807, 2.05) is 6.07 Å². The maximum Gasteiger partial charge on any atom is 0.316 e. The summed E-state index contributed by atoms with van der Waals surface area (Å²) in [5.74, 6) is 0.836. The van der Waals surface area contributed by atoms with Crippen LogP contribution in [0.15, 0.2) is 23.4 Å². The number of carbonyl (C=O) groups is 1. The lowest BCUT2D eigenvalue weighted by Gasteiger charge is -2.07. The van der Waals surface area contributed by atoms with Crippen molar-refractivity contribution >= 4 is 17.7 Å². The van der Waals surface area contributed by atoms with Gasteiger partial charge in [-0.25, -0.2) is 4.98 Å². The topological polar surface area (TPSA) is 97.3 Å². The van der Waals surface area contributed by atoms with Gasteiger partial charge in [0.15, 0.2) is 17.3 Å². The third-order valence-electron chi connectivity index (χ3n) is 2.75. The Morgan fingerprint density at radius 2 is 2.05 bits per heavy atom. The van der Waals surface area contributed by atoms with E-state index < -0.39 is 11.2 Å². The van der Waals surface area contributed by atoms with Crippen molar-refractivity contribution in [2.24, 2.45) is 0 Å². The standard InChI is InChI=1S/C13H15N3O4S/c1-7(12(17)18)21-13-14-11(15-16-13)8-4-5-9(19-2)10(6-8)20-3/h4-7H,1-3H3,(H,17,18)(H,14,15,16). The molecular formula is C13H15N3O4S. The molecule has 112 valence electrons. The molecule has 2 N–H and O–H groups in total. The first-order chi connectivity index (χ1) is 10.0. The second kappa shape index (κ2) is 6.49. The first kappa shape index (κ1) is 15.2. The SMILES string of the molecule is COc1ccc(-c2nc(SC(C)C(=O)O)n[nH]2)cc1OC. The number of nitrogens with one attached hydrogen (secondary N) is 1. The quantitative estimate of drug-likeness (QED) is 0.788. The molecule has 1 atom stereocenters. The van der Waals surface area contributed by atoms with Crippen LogP contribution >= 0.6 is 11.8 Å². The molecule has 1 heterocycles. The van der Waals surface area contributed by atoms with Crippen LogP contribution in [0.25, 0.3) is 11.4 Å². The molecule has 0 aliphatic carbocycles. The van der Waals surface area contributed by atoms with Crippen molar-refractivity contribution in [3.63, 3.8) is 0 Å². The summed E-state index contributed by atoms with van der Waals surface area (Å²) in [6.45, 7) is 1.58. The first-order valence-corrected chi connectivity index (χ1v) is 6.97. The number of H-pyrrole nitrogens is 1. The highest BCUT2D eigenvalue weighted by Gasteiger charge is 2.16. The Hall–Kier alpha value is -2.22. The summed E-state index contributed by atoms with van der Waals surface area (Å²) >= 11 is 1.08. The molecule has 2 aromatic rings. The van der Waals surface area contributed by atoms with Crippen molar-refractivity contribution in [2.45, 2.75) is 17.3 Å². The molecule has 0 fully saturated rings. The summed E-state index contributed by atoms with van der Waals surface area (Å²) in [5.41, 5.74) is 0.773. The lowest BCUT2D eigenvalue weighted by molar-refractivity contribution is -0.136. The highest BCUT2D eigenvalue weighted by Crippen LogP contribution is 2.31. The second-order valence-corrected chi connectivity index (χ2v) is 5.44. The molecule has 7 nitrogen and oxygen atoms in total. The summed E-state index contributed by atoms with van der Waals surface area (Å²) < 4.78 is 10.4. The molecule has 1 unspecified atom stereocenters. The van der Waals surface area contributed by atoms with E-state index in [0.717, 1.165) is 17.3 Å². The molecule has 0 aliphatic rings. The number of thioether (sulfide) groups is 1. The van der Waals surface area contributed by atoms with Crippen LogP contribution in [0.4, 0.5) is 0 Å². The molecule has 0 saturated heterocycles. The zero-order valence-corrected chi connectivity index (χ0v) is 12.6. The lowest BCUT2D eigenvalue weighted by atomic mass is 10.2. The number of benzene rings is 1. The van der Waals surface area contributed by atoms with Crippen LogP contribution in [-0.2, 0) is 4.79 Å². The van der Waals surface area contributed by atoms with Crippen LogP contribution in [0, 0.1) is 0 Å². The molecule has 0 amide bonds. The third kappa shape index (κ3) is 3.46. The van der Waals surface area contributed by atoms with Gasteiger partial charge in [-0.2, -0.15) is 0 Å². The van der Waals surface area contributed by atoms with Crippen LogP contribution in [0.2, 0.25) is 0 Å². The van der Waals surface area contributed by atoms with Gasteiger partial charge in [0.2, 0.25) is 5.16 Å². The summed E-state index contributed by atoms with van der Waals surface area (Å²) in [4.78, 5) is 15.1. The van der Waals surface area contributed by atoms with E-state index in [2.05, 4.69) is 15.2 Å². The van der Waals surface area contributed by atoms with Gasteiger partial charge >= 0.3 is 5.97 Å². The van der Waals surface area contributed by atoms with Gasteiger partial charge in [-0.15, -0.1) is 5.10 Å². The fourth-order valence-electron chi connectivity index (χ4n) is 1.62. The highest BCUT2D eigenvalue weighted by molar-refractivity contribution is 8.00. The maximum atomic E-state index is 10.8. The van der Waals surface area contributed by atoms with Gasteiger partial charge in [0.25, 0.3) is 0 Å². The minimum atomic E-state index is -0.905. The van der Waals surface area contributed by atoms with E-state index in [9.17, 15) is 4.79 Å². The largest absolute Gasteiger partial charge is 0.493 e. The molecular weight excluding hydrogens is 294 g/mol. The van der Waals surface area contributed by atoms with E-state index in [1.165, 1.54) is 0 Å². The molecule has 1 aromatic carbocycles. The summed E-state index contributed by atoms with van der Waals surface area (Å²) in [6, 6.07) is 5.36. The number of carboxylic acid groups (broad SMARTS) is 1. The Morgan fingerprint density at radius 1 is 1.33 bits per heavy atom. The van der Waals surface area contributed by atoms with Crippen LogP contribution in [0.1, 0.15) is 6.92 Å². The minimum absolute atomic E-state index is 0.384. The van der Waals surface area contributed by atoms with Crippen molar-refractivity contribution in [1.29, 1.82) is 0 Å². The number of nitrogens with zero attached hydrogens (tertiary/aromatic N) is 2. The monoisotopic (exact) mass is 309 g/mol. The molecule has 0 saturated carbocycles. The number of hydrogen-bond acceptors (Lipinski definition) is 6. The molecule has 0 aliphatic heterocycles. The van der Waals surface area contributed by atoms with Gasteiger partial charge in [0.05, 0.1) is 14.2 Å². The molecule has 2 rings (SSSR count). The first-order valence-electron chi connectivity index (χ1n) is 6.09. The number of ether oxygens (including phenoxy) is 2. The average molecular weight is 309 g/mol. The number of methoxy groups -OCH3 is 2. The molecule has 0 bridgehead atoms. The zero-order valence-electron chi connectivity index (χ0n) is 11.8. The maximum absolute atomic E-state index is 10.8. The van der Waals surface area contributed by atoms with E-state index in [4.69, 9.17) is 14.6 Å². The van der Waals surface area contributed by atoms with Crippen LogP contribution in [0.5, 0.6) is 11.5 Å². The van der Waals surface area contributed by atoms with E-state index >= 15 is 0 Å². The highest BCUT2D eigenvalue weighted by atomic mass is 32.2. The van der Waals surface area contributed by atoms with Crippen molar-refractivity contribution in [2.75, 3.05) is 14.2 Å². The Kier molecular flexibility index (Phi) is 4.69. The van der Waals surface area contributed by atoms with Crippen LogP contribution in [-0.4, -0.2) is 45.7 Å². The van der Waals surface area contributed by atoms with Crippen LogP contribution in [0.3, 0.4) is 0 Å². The molecule has 8 heteroatoms. The van der Waals surface area contributed by atoms with Crippen LogP contribution < -0.4 is 9.47 Å². The smallest absolute Gasteiger partial charge is 0.316 e. The molecule has 0 radical (unpaired) electrons. The van der Waals surface area contributed by atoms with Gasteiger partial charge < -0.3 is 14.6 Å². The van der Waals surface area contributed by atoms with Gasteiger partial charge in [-0.3, -0.25) is 9.89 Å². The third-order valence-corrected chi connectivity index (χ3v) is 3.70. The van der Waals surface area contributed by atoms with E-state index in [0.29, 0.717) is 22.5 Å². The number of aromatic nitrogens is 3. The van der Waals surface area contributed by atoms with Crippen molar-refractivity contribution in [1.82, 2.24) is 15.2 Å². The van der Waals surface area contributed by atoms with E-state index in [-0.39, 0.29) is 0 Å². The van der Waals surface area contributed by atoms with Crippen molar-refractivity contribution in [3.05, 3.63) is 18.2 Å². The number of hydrogen-bond donors (Lipinski definition) is 2. The average Bonchev–Trinajstić information content (AvgIpc) is 2.94. The predicted octanol–water partition coefficient (Wildman–Crippen LogP) is 2.05. The second-order valence-electron chi connectivity index (χ2n) is 4.13. The predicted molar refractivity (Wildman–Crippen MR) is 77.9 cm³/mol. The lowest BCUT2D eigenvalue weighted by Crippen LogP contribution is -2.11. The van der Waals surface area contributed by atoms with Gasteiger partial charge in [0, 0.05) is 5.56 Å². The normalized spacial score (nSPS) is 12.0. The van der Waals surface area contributed by atoms with Gasteiger partial charge in [0.1, 0.15) is 5.25 Å². The zero-order chi connectivity index (χ0) is 15.4. The molecule has 21 heavy (non-hydrogen) atoms. The van der Waals surface area contributed by atoms with Crippen molar-refractivity contribution in [3.8, 4) is 22.9 Å². The summed E-state index contributed by atoms with van der Waals surface area (Å²) in [7, 11) is 3.12. The minimum Gasteiger partial charge on any atom is -0.493 e. The number of carboxylic acids is 1. The summed E-state index contributed by atoms with van der Waals surface area (Å²) in [5, 5.41) is 15.4. The molecule has 0 spiro atoms. The summed E-state index contributed by atoms with van der Waals surface area (Å²) in [6.07, 6.45) is 0. The Balaban J connectivity index is 2.23. The Bertz CT molecular complexity index is 644. The Morgan fingerprint density at radius 3 is 2.67 bits per heavy atom. The van der Waals surface area contributed by atoms with Gasteiger partial charge in [-0.1, -0.05) is 11.8 Å².